The SMILES string of the molecule is CCC(N)CCC(C)c1ccc(OCC(C)C)cc1C. The van der Waals surface area contributed by atoms with Gasteiger partial charge in [-0.1, -0.05) is 33.8 Å². The molecule has 1 aromatic carbocycles. The first kappa shape index (κ1) is 17.0. The maximum absolute atomic E-state index is 6.01. The van der Waals surface area contributed by atoms with E-state index in [1.54, 1.807) is 0 Å². The second-order valence-electron chi connectivity index (χ2n) is 6.37. The number of hydrogen-bond donors (Lipinski definition) is 1. The predicted octanol–water partition coefficient (Wildman–Crippen LogP) is 4.65. The smallest absolute Gasteiger partial charge is 0.119 e. The van der Waals surface area contributed by atoms with E-state index in [4.69, 9.17) is 10.5 Å². The van der Waals surface area contributed by atoms with Crippen molar-refractivity contribution in [2.75, 3.05) is 6.61 Å². The Kier molecular flexibility index (Phi) is 7.08. The van der Waals surface area contributed by atoms with Crippen LogP contribution in [0.4, 0.5) is 0 Å². The Labute approximate surface area is 124 Å². The van der Waals surface area contributed by atoms with Crippen molar-refractivity contribution in [3.05, 3.63) is 29.3 Å². The third-order valence-corrected chi connectivity index (χ3v) is 3.85. The summed E-state index contributed by atoms with van der Waals surface area (Å²) in [5.41, 5.74) is 8.75. The second kappa shape index (κ2) is 8.31. The van der Waals surface area contributed by atoms with Crippen molar-refractivity contribution in [1.29, 1.82) is 0 Å². The van der Waals surface area contributed by atoms with Crippen LogP contribution >= 0.6 is 0 Å². The lowest BCUT2D eigenvalue weighted by molar-refractivity contribution is 0.271. The zero-order chi connectivity index (χ0) is 15.1. The van der Waals surface area contributed by atoms with Gasteiger partial charge in [-0.2, -0.15) is 0 Å². The van der Waals surface area contributed by atoms with Crippen LogP contribution in [0, 0.1) is 12.8 Å². The third kappa shape index (κ3) is 5.54. The van der Waals surface area contributed by atoms with Crippen LogP contribution in [0.3, 0.4) is 0 Å². The minimum absolute atomic E-state index is 0.339. The van der Waals surface area contributed by atoms with E-state index in [1.165, 1.54) is 11.1 Å². The van der Waals surface area contributed by atoms with Crippen molar-refractivity contribution in [3.63, 3.8) is 0 Å². The maximum atomic E-state index is 6.01. The summed E-state index contributed by atoms with van der Waals surface area (Å²) in [5, 5.41) is 0. The van der Waals surface area contributed by atoms with Crippen molar-refractivity contribution in [3.8, 4) is 5.75 Å². The molecule has 2 unspecified atom stereocenters. The Morgan fingerprint density at radius 1 is 1.15 bits per heavy atom. The van der Waals surface area contributed by atoms with E-state index in [2.05, 4.69) is 52.8 Å². The fourth-order valence-corrected chi connectivity index (χ4v) is 2.38. The standard InChI is InChI=1S/C18H31NO/c1-6-16(19)8-7-14(4)18-10-9-17(11-15(18)5)20-12-13(2)3/h9-11,13-14,16H,6-8,12,19H2,1-5H3. The third-order valence-electron chi connectivity index (χ3n) is 3.85. The van der Waals surface area contributed by atoms with Gasteiger partial charge < -0.3 is 10.5 Å². The Bertz CT molecular complexity index is 400. The van der Waals surface area contributed by atoms with E-state index in [1.807, 2.05) is 0 Å². The Morgan fingerprint density at radius 2 is 1.85 bits per heavy atom. The van der Waals surface area contributed by atoms with Crippen molar-refractivity contribution in [2.24, 2.45) is 11.7 Å². The molecule has 2 heteroatoms. The van der Waals surface area contributed by atoms with Gasteiger partial charge >= 0.3 is 0 Å². The summed E-state index contributed by atoms with van der Waals surface area (Å²) in [7, 11) is 0. The topological polar surface area (TPSA) is 35.2 Å². The molecule has 0 aromatic heterocycles. The van der Waals surface area contributed by atoms with Gasteiger partial charge in [-0.15, -0.1) is 0 Å². The molecule has 1 aromatic rings. The summed E-state index contributed by atoms with van der Waals surface area (Å²) in [6.07, 6.45) is 3.32. The largest absolute Gasteiger partial charge is 0.493 e. The van der Waals surface area contributed by atoms with Gasteiger partial charge in [0.2, 0.25) is 0 Å². The Morgan fingerprint density at radius 3 is 2.40 bits per heavy atom. The summed E-state index contributed by atoms with van der Waals surface area (Å²) in [6, 6.07) is 6.81. The lowest BCUT2D eigenvalue weighted by Gasteiger charge is -2.18. The summed E-state index contributed by atoms with van der Waals surface area (Å²) >= 11 is 0. The van der Waals surface area contributed by atoms with Crippen molar-refractivity contribution in [1.82, 2.24) is 0 Å². The minimum atomic E-state index is 0.339. The summed E-state index contributed by atoms with van der Waals surface area (Å²) < 4.78 is 5.78. The summed E-state index contributed by atoms with van der Waals surface area (Å²) in [5.74, 6) is 2.11. The van der Waals surface area contributed by atoms with Gasteiger partial charge in [-0.05, 0) is 61.3 Å². The van der Waals surface area contributed by atoms with Crippen molar-refractivity contribution >= 4 is 0 Å². The van der Waals surface area contributed by atoms with Gasteiger partial charge in [0.15, 0.2) is 0 Å². The number of aryl methyl sites for hydroxylation is 1. The number of benzene rings is 1. The molecule has 2 nitrogen and oxygen atoms in total. The molecule has 0 amide bonds. The van der Waals surface area contributed by atoms with Crippen LogP contribution in [0.5, 0.6) is 5.75 Å². The van der Waals surface area contributed by atoms with E-state index in [0.717, 1.165) is 31.6 Å². The molecule has 0 aliphatic heterocycles. The molecule has 2 N–H and O–H groups in total. The second-order valence-corrected chi connectivity index (χ2v) is 6.37. The molecule has 0 spiro atoms. The fraction of sp³-hybridized carbons (Fsp3) is 0.667. The molecule has 1 rings (SSSR count). The van der Waals surface area contributed by atoms with E-state index >= 15 is 0 Å². The van der Waals surface area contributed by atoms with Crippen LogP contribution < -0.4 is 10.5 Å². The molecule has 20 heavy (non-hydrogen) atoms. The number of rotatable bonds is 8. The molecular formula is C18H31NO. The van der Waals surface area contributed by atoms with Gasteiger partial charge in [0.05, 0.1) is 6.61 Å². The highest BCUT2D eigenvalue weighted by Gasteiger charge is 2.11. The molecule has 0 saturated carbocycles. The van der Waals surface area contributed by atoms with Crippen LogP contribution in [-0.4, -0.2) is 12.6 Å². The monoisotopic (exact) mass is 277 g/mol. The van der Waals surface area contributed by atoms with Gasteiger partial charge in [0.1, 0.15) is 5.75 Å². The lowest BCUT2D eigenvalue weighted by Crippen LogP contribution is -2.19. The molecule has 2 atom stereocenters. The average molecular weight is 277 g/mol. The average Bonchev–Trinajstić information content (AvgIpc) is 2.42. The molecule has 0 aliphatic rings. The molecule has 0 aliphatic carbocycles. The first-order chi connectivity index (χ1) is 9.43. The highest BCUT2D eigenvalue weighted by Crippen LogP contribution is 2.27. The molecule has 114 valence electrons. The normalized spacial score (nSPS) is 14.3. The molecule has 0 heterocycles. The van der Waals surface area contributed by atoms with Crippen molar-refractivity contribution < 1.29 is 4.74 Å². The fourth-order valence-electron chi connectivity index (χ4n) is 2.38. The molecule has 0 radical (unpaired) electrons. The summed E-state index contributed by atoms with van der Waals surface area (Å²) in [6.45, 7) is 11.7. The van der Waals surface area contributed by atoms with E-state index in [0.29, 0.717) is 17.9 Å². The van der Waals surface area contributed by atoms with Crippen LogP contribution in [0.25, 0.3) is 0 Å². The van der Waals surface area contributed by atoms with Crippen LogP contribution in [0.2, 0.25) is 0 Å². The lowest BCUT2D eigenvalue weighted by atomic mass is 9.91. The van der Waals surface area contributed by atoms with Gasteiger partial charge in [0.25, 0.3) is 0 Å². The first-order valence-corrected chi connectivity index (χ1v) is 7.92. The number of ether oxygens (including phenoxy) is 1. The first-order valence-electron chi connectivity index (χ1n) is 7.92. The zero-order valence-electron chi connectivity index (χ0n) is 13.8. The Balaban J connectivity index is 2.62. The summed E-state index contributed by atoms with van der Waals surface area (Å²) in [4.78, 5) is 0. The quantitative estimate of drug-likeness (QED) is 0.750. The Hall–Kier alpha value is -1.02. The minimum Gasteiger partial charge on any atom is -0.493 e. The van der Waals surface area contributed by atoms with Crippen LogP contribution in [-0.2, 0) is 0 Å². The molecule has 0 saturated heterocycles. The van der Waals surface area contributed by atoms with E-state index in [9.17, 15) is 0 Å². The molecule has 0 bridgehead atoms. The number of hydrogen-bond acceptors (Lipinski definition) is 2. The predicted molar refractivity (Wildman–Crippen MR) is 87.4 cm³/mol. The van der Waals surface area contributed by atoms with Crippen molar-refractivity contribution in [2.45, 2.75) is 65.8 Å². The molecule has 0 fully saturated rings. The van der Waals surface area contributed by atoms with Crippen LogP contribution in [0.15, 0.2) is 18.2 Å². The zero-order valence-corrected chi connectivity index (χ0v) is 13.8. The van der Waals surface area contributed by atoms with E-state index < -0.39 is 0 Å². The molecular weight excluding hydrogens is 246 g/mol. The van der Waals surface area contributed by atoms with Gasteiger partial charge in [-0.25, -0.2) is 0 Å². The van der Waals surface area contributed by atoms with E-state index in [-0.39, 0.29) is 0 Å². The highest BCUT2D eigenvalue weighted by molar-refractivity contribution is 5.36. The van der Waals surface area contributed by atoms with Crippen LogP contribution in [0.1, 0.15) is 64.0 Å². The maximum Gasteiger partial charge on any atom is 0.119 e. The number of nitrogens with two attached hydrogens (primary N) is 1. The highest BCUT2D eigenvalue weighted by atomic mass is 16.5. The van der Waals surface area contributed by atoms with Gasteiger partial charge in [0, 0.05) is 6.04 Å². The van der Waals surface area contributed by atoms with Gasteiger partial charge in [-0.3, -0.25) is 0 Å².